The van der Waals surface area contributed by atoms with Gasteiger partial charge in [0, 0.05) is 12.6 Å². The summed E-state index contributed by atoms with van der Waals surface area (Å²) in [5.41, 5.74) is 7.01. The maximum atomic E-state index is 6.04. The molecule has 14 heavy (non-hydrogen) atoms. The Morgan fingerprint density at radius 3 is 3.00 bits per heavy atom. The van der Waals surface area contributed by atoms with Crippen LogP contribution < -0.4 is 5.73 Å². The number of hydrogen-bond donors (Lipinski definition) is 1. The molecule has 1 atom stereocenters. The highest BCUT2D eigenvalue weighted by Gasteiger charge is 2.15. The van der Waals surface area contributed by atoms with Crippen molar-refractivity contribution in [1.29, 1.82) is 0 Å². The molecule has 1 rings (SSSR count). The van der Waals surface area contributed by atoms with E-state index in [1.165, 1.54) is 0 Å². The summed E-state index contributed by atoms with van der Waals surface area (Å²) in [5.74, 6) is 1.05. The van der Waals surface area contributed by atoms with Gasteiger partial charge < -0.3 is 5.73 Å². The lowest BCUT2D eigenvalue weighted by Gasteiger charge is -2.13. The molecule has 5 heteroatoms. The topological polar surface area (TPSA) is 43.8 Å². The van der Waals surface area contributed by atoms with E-state index in [9.17, 15) is 0 Å². The quantitative estimate of drug-likeness (QED) is 0.849. The summed E-state index contributed by atoms with van der Waals surface area (Å²) in [4.78, 5) is 0. The molecule has 2 N–H and O–H groups in total. The fourth-order valence-corrected chi connectivity index (χ4v) is 2.15. The molecule has 0 spiro atoms. The summed E-state index contributed by atoms with van der Waals surface area (Å²) in [6.07, 6.45) is 4.68. The molecule has 0 saturated heterocycles. The number of thioether (sulfide) groups is 1. The van der Waals surface area contributed by atoms with Crippen LogP contribution in [0.25, 0.3) is 0 Å². The average Bonchev–Trinajstić information content (AvgIpc) is 2.56. The molecule has 0 aliphatic rings. The first kappa shape index (κ1) is 11.9. The zero-order chi connectivity index (χ0) is 10.6. The molecular weight excluding hydrogens is 218 g/mol. The number of hydrogen-bond acceptors (Lipinski definition) is 3. The van der Waals surface area contributed by atoms with Crippen molar-refractivity contribution >= 4 is 23.4 Å². The van der Waals surface area contributed by atoms with Crippen LogP contribution in [0, 0.1) is 0 Å². The first-order chi connectivity index (χ1) is 6.70. The summed E-state index contributed by atoms with van der Waals surface area (Å²) in [7, 11) is 0. The third-order valence-corrected chi connectivity index (χ3v) is 3.05. The Labute approximate surface area is 94.0 Å². The smallest absolute Gasteiger partial charge is 0.0834 e. The minimum absolute atomic E-state index is 0.00241. The summed E-state index contributed by atoms with van der Waals surface area (Å²) >= 11 is 7.82. The molecule has 0 aliphatic heterocycles. The maximum absolute atomic E-state index is 6.04. The fourth-order valence-electron chi connectivity index (χ4n) is 1.37. The van der Waals surface area contributed by atoms with Crippen molar-refractivity contribution in [2.75, 3.05) is 12.0 Å². The molecule has 3 nitrogen and oxygen atoms in total. The Morgan fingerprint density at radius 2 is 2.43 bits per heavy atom. The van der Waals surface area contributed by atoms with Crippen molar-refractivity contribution in [2.24, 2.45) is 5.73 Å². The Hall–Kier alpha value is -0.190. The lowest BCUT2D eigenvalue weighted by Crippen LogP contribution is -2.17. The van der Waals surface area contributed by atoms with E-state index in [1.807, 2.05) is 11.6 Å². The number of aromatic nitrogens is 2. The highest BCUT2D eigenvalue weighted by atomic mass is 35.5. The van der Waals surface area contributed by atoms with Gasteiger partial charge in [0.2, 0.25) is 0 Å². The number of halogens is 1. The minimum atomic E-state index is -0.00241. The Bertz CT molecular complexity index is 288. The van der Waals surface area contributed by atoms with Crippen molar-refractivity contribution in [3.63, 3.8) is 0 Å². The van der Waals surface area contributed by atoms with Gasteiger partial charge in [0.15, 0.2) is 0 Å². The van der Waals surface area contributed by atoms with E-state index < -0.39 is 0 Å². The second-order valence-corrected chi connectivity index (χ2v) is 4.47. The first-order valence-corrected chi connectivity index (χ1v) is 6.43. The van der Waals surface area contributed by atoms with Crippen LogP contribution in [-0.2, 0) is 6.54 Å². The Balaban J connectivity index is 2.76. The monoisotopic (exact) mass is 233 g/mol. The standard InChI is InChI=1S/C9H16ClN3S/c1-3-13-9(7(10)6-12-13)8(11)4-5-14-2/h6,8H,3-5,11H2,1-2H3. The van der Waals surface area contributed by atoms with Gasteiger partial charge in [0.05, 0.1) is 16.9 Å². The molecule has 1 unspecified atom stereocenters. The van der Waals surface area contributed by atoms with E-state index in [-0.39, 0.29) is 6.04 Å². The van der Waals surface area contributed by atoms with Crippen LogP contribution in [0.15, 0.2) is 6.20 Å². The molecule has 0 saturated carbocycles. The summed E-state index contributed by atoms with van der Waals surface area (Å²) < 4.78 is 1.87. The van der Waals surface area contributed by atoms with Crippen molar-refractivity contribution in [3.8, 4) is 0 Å². The van der Waals surface area contributed by atoms with Gasteiger partial charge in [-0.1, -0.05) is 11.6 Å². The van der Waals surface area contributed by atoms with Crippen LogP contribution in [0.2, 0.25) is 5.02 Å². The highest BCUT2D eigenvalue weighted by Crippen LogP contribution is 2.24. The van der Waals surface area contributed by atoms with Crippen LogP contribution in [-0.4, -0.2) is 21.8 Å². The zero-order valence-corrected chi connectivity index (χ0v) is 10.1. The van der Waals surface area contributed by atoms with Crippen molar-refractivity contribution in [2.45, 2.75) is 25.9 Å². The molecular formula is C9H16ClN3S. The summed E-state index contributed by atoms with van der Waals surface area (Å²) in [5, 5.41) is 4.84. The van der Waals surface area contributed by atoms with Crippen molar-refractivity contribution < 1.29 is 0 Å². The van der Waals surface area contributed by atoms with Crippen LogP contribution in [0.3, 0.4) is 0 Å². The van der Waals surface area contributed by atoms with E-state index in [1.54, 1.807) is 18.0 Å². The summed E-state index contributed by atoms with van der Waals surface area (Å²) in [6, 6.07) is -0.00241. The lowest BCUT2D eigenvalue weighted by atomic mass is 10.2. The van der Waals surface area contributed by atoms with E-state index in [0.717, 1.165) is 24.4 Å². The molecule has 0 amide bonds. The van der Waals surface area contributed by atoms with Crippen molar-refractivity contribution in [3.05, 3.63) is 16.9 Å². The average molecular weight is 234 g/mol. The van der Waals surface area contributed by atoms with E-state index >= 15 is 0 Å². The molecule has 0 aliphatic carbocycles. The second-order valence-electron chi connectivity index (χ2n) is 3.08. The molecule has 80 valence electrons. The third kappa shape index (κ3) is 2.65. The zero-order valence-electron chi connectivity index (χ0n) is 8.53. The molecule has 1 aromatic rings. The van der Waals surface area contributed by atoms with Gasteiger partial charge >= 0.3 is 0 Å². The lowest BCUT2D eigenvalue weighted by molar-refractivity contribution is 0.564. The van der Waals surface area contributed by atoms with Crippen LogP contribution in [0.1, 0.15) is 25.1 Å². The van der Waals surface area contributed by atoms with E-state index in [4.69, 9.17) is 17.3 Å². The maximum Gasteiger partial charge on any atom is 0.0834 e. The number of nitrogens with two attached hydrogens (primary N) is 1. The largest absolute Gasteiger partial charge is 0.323 e. The summed E-state index contributed by atoms with van der Waals surface area (Å²) in [6.45, 7) is 2.85. The highest BCUT2D eigenvalue weighted by molar-refractivity contribution is 7.98. The number of nitrogens with zero attached hydrogens (tertiary/aromatic N) is 2. The molecule has 1 heterocycles. The number of aryl methyl sites for hydroxylation is 1. The third-order valence-electron chi connectivity index (χ3n) is 2.12. The second kappa shape index (κ2) is 5.63. The van der Waals surface area contributed by atoms with Gasteiger partial charge in [-0.2, -0.15) is 16.9 Å². The normalized spacial score (nSPS) is 13.1. The molecule has 1 aromatic heterocycles. The predicted molar refractivity (Wildman–Crippen MR) is 62.8 cm³/mol. The molecule has 0 fully saturated rings. The van der Waals surface area contributed by atoms with Gasteiger partial charge in [-0.05, 0) is 25.4 Å². The van der Waals surface area contributed by atoms with Gasteiger partial charge in [-0.15, -0.1) is 0 Å². The molecule has 0 bridgehead atoms. The van der Waals surface area contributed by atoms with Gasteiger partial charge in [0.25, 0.3) is 0 Å². The Kier molecular flexibility index (Phi) is 4.78. The fraction of sp³-hybridized carbons (Fsp3) is 0.667. The van der Waals surface area contributed by atoms with Crippen molar-refractivity contribution in [1.82, 2.24) is 9.78 Å². The minimum Gasteiger partial charge on any atom is -0.323 e. The predicted octanol–water partition coefficient (Wildman–Crippen LogP) is 2.31. The van der Waals surface area contributed by atoms with E-state index in [2.05, 4.69) is 11.4 Å². The SMILES string of the molecule is CCn1ncc(Cl)c1C(N)CCSC. The van der Waals surface area contributed by atoms with Crippen LogP contribution >= 0.6 is 23.4 Å². The molecule has 0 aromatic carbocycles. The molecule has 0 radical (unpaired) electrons. The van der Waals surface area contributed by atoms with Crippen LogP contribution in [0.5, 0.6) is 0 Å². The number of rotatable bonds is 5. The van der Waals surface area contributed by atoms with E-state index in [0.29, 0.717) is 5.02 Å². The first-order valence-electron chi connectivity index (χ1n) is 4.66. The van der Waals surface area contributed by atoms with Gasteiger partial charge in [-0.25, -0.2) is 0 Å². The van der Waals surface area contributed by atoms with Crippen LogP contribution in [0.4, 0.5) is 0 Å². The van der Waals surface area contributed by atoms with Gasteiger partial charge in [-0.3, -0.25) is 4.68 Å². The van der Waals surface area contributed by atoms with Gasteiger partial charge in [0.1, 0.15) is 0 Å². The Morgan fingerprint density at radius 1 is 1.71 bits per heavy atom.